The van der Waals surface area contributed by atoms with Crippen LogP contribution in [0, 0.1) is 5.92 Å². The van der Waals surface area contributed by atoms with E-state index in [-0.39, 0.29) is 6.42 Å². The molecule has 2 unspecified atom stereocenters. The van der Waals surface area contributed by atoms with E-state index in [1.807, 2.05) is 0 Å². The van der Waals surface area contributed by atoms with Crippen LogP contribution in [0.3, 0.4) is 0 Å². The minimum atomic E-state index is -1.09. The van der Waals surface area contributed by atoms with E-state index in [4.69, 9.17) is 16.7 Å². The smallest absolute Gasteiger partial charge is 0.322 e. The summed E-state index contributed by atoms with van der Waals surface area (Å²) in [7, 11) is 0. The lowest BCUT2D eigenvalue weighted by Gasteiger charge is -2.17. The minimum Gasteiger partial charge on any atom is -0.480 e. The molecule has 0 aromatic heterocycles. The zero-order valence-corrected chi connectivity index (χ0v) is 6.78. The SMILES string of the molecule is CC(CC(N)=O)C(NN)C(=O)O. The van der Waals surface area contributed by atoms with E-state index < -0.39 is 23.8 Å². The molecule has 0 bridgehead atoms. The standard InChI is InChI=1S/C6H13N3O3/c1-3(2-4(7)10)5(9-8)6(11)12/h3,5,9H,2,8H2,1H3,(H2,7,10)(H,11,12). The van der Waals surface area contributed by atoms with Gasteiger partial charge in [-0.1, -0.05) is 6.92 Å². The van der Waals surface area contributed by atoms with Crippen molar-refractivity contribution in [3.05, 3.63) is 0 Å². The van der Waals surface area contributed by atoms with Crippen LogP contribution in [0.25, 0.3) is 0 Å². The first-order valence-electron chi connectivity index (χ1n) is 3.46. The van der Waals surface area contributed by atoms with Gasteiger partial charge in [0.15, 0.2) is 0 Å². The lowest BCUT2D eigenvalue weighted by Crippen LogP contribution is -2.46. The Kier molecular flexibility index (Phi) is 4.24. The topological polar surface area (TPSA) is 118 Å². The second kappa shape index (κ2) is 4.68. The van der Waals surface area contributed by atoms with Crippen molar-refractivity contribution in [2.75, 3.05) is 0 Å². The summed E-state index contributed by atoms with van der Waals surface area (Å²) in [5.74, 6) is 2.93. The van der Waals surface area contributed by atoms with Gasteiger partial charge in [-0.15, -0.1) is 0 Å². The summed E-state index contributed by atoms with van der Waals surface area (Å²) in [4.78, 5) is 20.9. The average molecular weight is 175 g/mol. The van der Waals surface area contributed by atoms with Crippen LogP contribution >= 0.6 is 0 Å². The monoisotopic (exact) mass is 175 g/mol. The number of nitrogens with one attached hydrogen (secondary N) is 1. The Morgan fingerprint density at radius 1 is 1.58 bits per heavy atom. The van der Waals surface area contributed by atoms with Gasteiger partial charge < -0.3 is 10.8 Å². The zero-order valence-electron chi connectivity index (χ0n) is 6.78. The predicted octanol–water partition coefficient (Wildman–Crippen LogP) is -1.59. The van der Waals surface area contributed by atoms with Crippen LogP contribution in [0.4, 0.5) is 0 Å². The van der Waals surface area contributed by atoms with Gasteiger partial charge in [0.1, 0.15) is 6.04 Å². The van der Waals surface area contributed by atoms with Gasteiger partial charge in [0.05, 0.1) is 0 Å². The van der Waals surface area contributed by atoms with Gasteiger partial charge in [0, 0.05) is 6.42 Å². The van der Waals surface area contributed by atoms with Crippen LogP contribution in [-0.4, -0.2) is 23.0 Å². The molecule has 0 radical (unpaired) electrons. The van der Waals surface area contributed by atoms with Gasteiger partial charge >= 0.3 is 5.97 Å². The highest BCUT2D eigenvalue weighted by atomic mass is 16.4. The Balaban J connectivity index is 4.11. The number of carbonyl (C=O) groups is 2. The van der Waals surface area contributed by atoms with Crippen LogP contribution in [-0.2, 0) is 9.59 Å². The summed E-state index contributed by atoms with van der Waals surface area (Å²) in [6.45, 7) is 1.59. The number of hydrogen-bond donors (Lipinski definition) is 4. The molecule has 6 nitrogen and oxygen atoms in total. The molecule has 0 aliphatic heterocycles. The highest BCUT2D eigenvalue weighted by Gasteiger charge is 2.24. The van der Waals surface area contributed by atoms with Crippen LogP contribution in [0.15, 0.2) is 0 Å². The van der Waals surface area contributed by atoms with E-state index in [9.17, 15) is 9.59 Å². The van der Waals surface area contributed by atoms with Crippen molar-refractivity contribution >= 4 is 11.9 Å². The van der Waals surface area contributed by atoms with Crippen molar-refractivity contribution in [3.63, 3.8) is 0 Å². The molecule has 0 fully saturated rings. The Hall–Kier alpha value is -1.14. The molecular formula is C6H13N3O3. The van der Waals surface area contributed by atoms with Crippen molar-refractivity contribution in [2.45, 2.75) is 19.4 Å². The van der Waals surface area contributed by atoms with E-state index in [1.54, 1.807) is 6.92 Å². The second-order valence-corrected chi connectivity index (χ2v) is 2.63. The molecule has 6 N–H and O–H groups in total. The van der Waals surface area contributed by atoms with Gasteiger partial charge in [0.25, 0.3) is 0 Å². The van der Waals surface area contributed by atoms with E-state index in [0.29, 0.717) is 0 Å². The summed E-state index contributed by atoms with van der Waals surface area (Å²) < 4.78 is 0. The first-order valence-corrected chi connectivity index (χ1v) is 3.46. The largest absolute Gasteiger partial charge is 0.480 e. The highest BCUT2D eigenvalue weighted by Crippen LogP contribution is 2.06. The van der Waals surface area contributed by atoms with Gasteiger partial charge in [-0.3, -0.25) is 15.4 Å². The molecule has 0 aliphatic carbocycles. The summed E-state index contributed by atoms with van der Waals surface area (Å²) in [6, 6.07) is -0.933. The third-order valence-electron chi connectivity index (χ3n) is 1.54. The van der Waals surface area contributed by atoms with Gasteiger partial charge in [-0.25, -0.2) is 5.43 Å². The number of hydrogen-bond acceptors (Lipinski definition) is 4. The molecule has 0 spiro atoms. The molecule has 70 valence electrons. The number of nitrogens with two attached hydrogens (primary N) is 2. The van der Waals surface area contributed by atoms with Crippen LogP contribution in [0.5, 0.6) is 0 Å². The maximum atomic E-state index is 10.5. The number of rotatable bonds is 5. The van der Waals surface area contributed by atoms with Gasteiger partial charge in [-0.2, -0.15) is 0 Å². The van der Waals surface area contributed by atoms with Crippen molar-refractivity contribution < 1.29 is 14.7 Å². The number of carboxylic acid groups (broad SMARTS) is 1. The molecule has 0 aromatic carbocycles. The fraction of sp³-hybridized carbons (Fsp3) is 0.667. The number of primary amides is 1. The first kappa shape index (κ1) is 10.9. The van der Waals surface area contributed by atoms with Gasteiger partial charge in [0.2, 0.25) is 5.91 Å². The second-order valence-electron chi connectivity index (χ2n) is 2.63. The zero-order chi connectivity index (χ0) is 9.72. The van der Waals surface area contributed by atoms with E-state index in [2.05, 4.69) is 5.43 Å². The molecule has 0 aliphatic rings. The third kappa shape index (κ3) is 3.31. The van der Waals surface area contributed by atoms with E-state index in [0.717, 1.165) is 0 Å². The maximum absolute atomic E-state index is 10.5. The molecule has 1 amide bonds. The Morgan fingerprint density at radius 3 is 2.33 bits per heavy atom. The Labute approximate surface area is 69.9 Å². The fourth-order valence-corrected chi connectivity index (χ4v) is 0.914. The average Bonchev–Trinajstić information content (AvgIpc) is 1.85. The molecule has 12 heavy (non-hydrogen) atoms. The summed E-state index contributed by atoms with van der Waals surface area (Å²) in [5, 5.41) is 8.56. The van der Waals surface area contributed by atoms with E-state index >= 15 is 0 Å². The molecule has 0 heterocycles. The van der Waals surface area contributed by atoms with Crippen molar-refractivity contribution in [2.24, 2.45) is 17.5 Å². The molecule has 0 aromatic rings. The lowest BCUT2D eigenvalue weighted by molar-refractivity contribution is -0.141. The van der Waals surface area contributed by atoms with Crippen LogP contribution < -0.4 is 17.0 Å². The summed E-state index contributed by atoms with van der Waals surface area (Å²) in [6.07, 6.45) is 0.00116. The fourth-order valence-electron chi connectivity index (χ4n) is 0.914. The molecule has 0 saturated heterocycles. The molecule has 6 heteroatoms. The summed E-state index contributed by atoms with van der Waals surface area (Å²) >= 11 is 0. The molecule has 0 rings (SSSR count). The highest BCUT2D eigenvalue weighted by molar-refractivity contribution is 5.77. The third-order valence-corrected chi connectivity index (χ3v) is 1.54. The normalized spacial score (nSPS) is 15.2. The van der Waals surface area contributed by atoms with Crippen molar-refractivity contribution in [1.82, 2.24) is 5.43 Å². The van der Waals surface area contributed by atoms with Crippen molar-refractivity contribution in [3.8, 4) is 0 Å². The quantitative estimate of drug-likeness (QED) is 0.297. The van der Waals surface area contributed by atoms with Crippen molar-refractivity contribution in [1.29, 1.82) is 0 Å². The summed E-state index contributed by atoms with van der Waals surface area (Å²) in [5.41, 5.74) is 6.98. The lowest BCUT2D eigenvalue weighted by atomic mass is 9.99. The number of hydrazine groups is 1. The van der Waals surface area contributed by atoms with Crippen LogP contribution in [0.1, 0.15) is 13.3 Å². The number of carboxylic acids is 1. The Bertz CT molecular complexity index is 183. The van der Waals surface area contributed by atoms with E-state index in [1.165, 1.54) is 0 Å². The predicted molar refractivity (Wildman–Crippen MR) is 41.7 cm³/mol. The number of amides is 1. The number of carbonyl (C=O) groups excluding carboxylic acids is 1. The molecule has 2 atom stereocenters. The minimum absolute atomic E-state index is 0.00116. The first-order chi connectivity index (χ1) is 5.49. The van der Waals surface area contributed by atoms with Gasteiger partial charge in [-0.05, 0) is 5.92 Å². The number of aliphatic carboxylic acids is 1. The molecular weight excluding hydrogens is 162 g/mol. The van der Waals surface area contributed by atoms with Crippen LogP contribution in [0.2, 0.25) is 0 Å². The Morgan fingerprint density at radius 2 is 2.08 bits per heavy atom. The maximum Gasteiger partial charge on any atom is 0.322 e. The molecule has 0 saturated carbocycles.